The summed E-state index contributed by atoms with van der Waals surface area (Å²) in [4.78, 5) is 13.1. The van der Waals surface area contributed by atoms with E-state index in [-0.39, 0.29) is 6.09 Å². The summed E-state index contributed by atoms with van der Waals surface area (Å²) in [5.74, 6) is 0.498. The van der Waals surface area contributed by atoms with Crippen molar-refractivity contribution in [2.75, 3.05) is 6.54 Å². The van der Waals surface area contributed by atoms with Crippen molar-refractivity contribution >= 4 is 17.4 Å². The standard InChI is InChI=1S/C16H26N2O2S/c1-16(2,3)20-15(19)18-10-12-6-4-8-14(12)17-11-13-7-5-9-21-13/h5,7,9,12,14,17H,4,6,8,10-11H2,1-3H3,(H,18,19). The molecule has 2 rings (SSSR count). The first-order chi connectivity index (χ1) is 9.94. The van der Waals surface area contributed by atoms with Crippen LogP contribution in [0.2, 0.25) is 0 Å². The highest BCUT2D eigenvalue weighted by molar-refractivity contribution is 7.09. The van der Waals surface area contributed by atoms with Crippen LogP contribution in [-0.4, -0.2) is 24.3 Å². The lowest BCUT2D eigenvalue weighted by Gasteiger charge is -2.23. The minimum Gasteiger partial charge on any atom is -0.444 e. The van der Waals surface area contributed by atoms with E-state index in [4.69, 9.17) is 4.74 Å². The predicted molar refractivity (Wildman–Crippen MR) is 86.5 cm³/mol. The fraction of sp³-hybridized carbons (Fsp3) is 0.688. The Morgan fingerprint density at radius 3 is 2.90 bits per heavy atom. The molecule has 0 saturated heterocycles. The van der Waals surface area contributed by atoms with Gasteiger partial charge < -0.3 is 15.4 Å². The Balaban J connectivity index is 1.73. The van der Waals surface area contributed by atoms with Gasteiger partial charge in [-0.25, -0.2) is 4.79 Å². The van der Waals surface area contributed by atoms with Gasteiger partial charge in [-0.05, 0) is 51.0 Å². The topological polar surface area (TPSA) is 50.4 Å². The first-order valence-corrected chi connectivity index (χ1v) is 8.54. The molecule has 0 aromatic carbocycles. The second-order valence-electron chi connectivity index (χ2n) is 6.64. The fourth-order valence-electron chi connectivity index (χ4n) is 2.72. The van der Waals surface area contributed by atoms with Crippen molar-refractivity contribution in [3.63, 3.8) is 0 Å². The van der Waals surface area contributed by atoms with Crippen molar-refractivity contribution in [3.8, 4) is 0 Å². The molecule has 1 amide bonds. The van der Waals surface area contributed by atoms with Gasteiger partial charge in [0.05, 0.1) is 0 Å². The molecule has 0 aliphatic heterocycles. The first-order valence-electron chi connectivity index (χ1n) is 7.66. The molecule has 118 valence electrons. The van der Waals surface area contributed by atoms with Crippen LogP contribution in [0.5, 0.6) is 0 Å². The van der Waals surface area contributed by atoms with Gasteiger partial charge in [0.15, 0.2) is 0 Å². The first kappa shape index (κ1) is 16.3. The summed E-state index contributed by atoms with van der Waals surface area (Å²) in [6.45, 7) is 7.26. The van der Waals surface area contributed by atoms with Crippen LogP contribution < -0.4 is 10.6 Å². The Kier molecular flexibility index (Phi) is 5.65. The predicted octanol–water partition coefficient (Wildman–Crippen LogP) is 3.53. The van der Waals surface area contributed by atoms with Crippen molar-refractivity contribution in [2.24, 2.45) is 5.92 Å². The normalized spacial score (nSPS) is 22.2. The van der Waals surface area contributed by atoms with Gasteiger partial charge in [-0.2, -0.15) is 0 Å². The van der Waals surface area contributed by atoms with E-state index >= 15 is 0 Å². The Hall–Kier alpha value is -1.07. The Labute approximate surface area is 131 Å². The molecular formula is C16H26N2O2S. The lowest BCUT2D eigenvalue weighted by atomic mass is 10.0. The minimum atomic E-state index is -0.434. The van der Waals surface area contributed by atoms with E-state index in [1.54, 1.807) is 11.3 Å². The van der Waals surface area contributed by atoms with Gasteiger partial charge in [-0.15, -0.1) is 11.3 Å². The highest BCUT2D eigenvalue weighted by Gasteiger charge is 2.27. The molecule has 0 spiro atoms. The molecule has 0 bridgehead atoms. The van der Waals surface area contributed by atoms with Crippen LogP contribution in [0.1, 0.15) is 44.9 Å². The molecule has 1 aromatic rings. The van der Waals surface area contributed by atoms with E-state index in [2.05, 4.69) is 28.1 Å². The lowest BCUT2D eigenvalue weighted by Crippen LogP contribution is -2.40. The third kappa shape index (κ3) is 5.67. The van der Waals surface area contributed by atoms with E-state index < -0.39 is 5.60 Å². The molecule has 0 radical (unpaired) electrons. The number of amides is 1. The van der Waals surface area contributed by atoms with E-state index in [9.17, 15) is 4.79 Å². The monoisotopic (exact) mass is 310 g/mol. The molecule has 1 heterocycles. The zero-order chi connectivity index (χ0) is 15.3. The average molecular weight is 310 g/mol. The smallest absolute Gasteiger partial charge is 0.407 e. The summed E-state index contributed by atoms with van der Waals surface area (Å²) in [6, 6.07) is 4.72. The quantitative estimate of drug-likeness (QED) is 0.874. The minimum absolute atomic E-state index is 0.314. The molecule has 1 saturated carbocycles. The van der Waals surface area contributed by atoms with Crippen LogP contribution >= 0.6 is 11.3 Å². The second-order valence-corrected chi connectivity index (χ2v) is 7.67. The molecule has 1 aromatic heterocycles. The number of carbonyl (C=O) groups excluding carboxylic acids is 1. The lowest BCUT2D eigenvalue weighted by molar-refractivity contribution is 0.0517. The largest absolute Gasteiger partial charge is 0.444 e. The van der Waals surface area contributed by atoms with Gasteiger partial charge in [0, 0.05) is 24.0 Å². The number of rotatable bonds is 5. The summed E-state index contributed by atoms with van der Waals surface area (Å²) < 4.78 is 5.28. The Bertz CT molecular complexity index is 440. The van der Waals surface area contributed by atoms with E-state index in [1.165, 1.54) is 17.7 Å². The summed E-state index contributed by atoms with van der Waals surface area (Å²) >= 11 is 1.78. The Morgan fingerprint density at radius 1 is 1.43 bits per heavy atom. The molecule has 5 heteroatoms. The van der Waals surface area contributed by atoms with Crippen LogP contribution in [0.4, 0.5) is 4.79 Å². The highest BCUT2D eigenvalue weighted by Crippen LogP contribution is 2.25. The van der Waals surface area contributed by atoms with Crippen LogP contribution in [0, 0.1) is 5.92 Å². The van der Waals surface area contributed by atoms with Crippen LogP contribution in [0.3, 0.4) is 0 Å². The number of hydrogen-bond acceptors (Lipinski definition) is 4. The van der Waals surface area contributed by atoms with Crippen LogP contribution in [0.15, 0.2) is 17.5 Å². The number of alkyl carbamates (subject to hydrolysis) is 1. The number of carbonyl (C=O) groups is 1. The maximum absolute atomic E-state index is 11.7. The third-order valence-electron chi connectivity index (χ3n) is 3.69. The summed E-state index contributed by atoms with van der Waals surface area (Å²) in [5, 5.41) is 8.63. The SMILES string of the molecule is CC(C)(C)OC(=O)NCC1CCCC1NCc1cccs1. The summed E-state index contributed by atoms with van der Waals surface area (Å²) in [7, 11) is 0. The number of thiophene rings is 1. The molecule has 2 atom stereocenters. The second kappa shape index (κ2) is 7.27. The maximum atomic E-state index is 11.7. The number of ether oxygens (including phenoxy) is 1. The Morgan fingerprint density at radius 2 is 2.24 bits per heavy atom. The van der Waals surface area contributed by atoms with Crippen molar-refractivity contribution in [2.45, 2.75) is 58.2 Å². The van der Waals surface area contributed by atoms with Crippen molar-refractivity contribution < 1.29 is 9.53 Å². The van der Waals surface area contributed by atoms with Crippen LogP contribution in [-0.2, 0) is 11.3 Å². The number of nitrogens with one attached hydrogen (secondary N) is 2. The zero-order valence-electron chi connectivity index (χ0n) is 13.1. The zero-order valence-corrected chi connectivity index (χ0v) is 14.0. The third-order valence-corrected chi connectivity index (χ3v) is 4.56. The van der Waals surface area contributed by atoms with Crippen molar-refractivity contribution in [1.29, 1.82) is 0 Å². The molecule has 4 nitrogen and oxygen atoms in total. The van der Waals surface area contributed by atoms with E-state index in [1.807, 2.05) is 20.8 Å². The highest BCUT2D eigenvalue weighted by atomic mass is 32.1. The molecule has 1 aliphatic carbocycles. The number of hydrogen-bond donors (Lipinski definition) is 2. The van der Waals surface area contributed by atoms with Crippen molar-refractivity contribution in [3.05, 3.63) is 22.4 Å². The fourth-order valence-corrected chi connectivity index (χ4v) is 3.38. The van der Waals surface area contributed by atoms with Gasteiger partial charge in [0.2, 0.25) is 0 Å². The average Bonchev–Trinajstić information content (AvgIpc) is 3.03. The molecular weight excluding hydrogens is 284 g/mol. The molecule has 1 fully saturated rings. The van der Waals surface area contributed by atoms with Gasteiger partial charge in [0.1, 0.15) is 5.60 Å². The van der Waals surface area contributed by atoms with E-state index in [0.717, 1.165) is 13.0 Å². The van der Waals surface area contributed by atoms with Gasteiger partial charge in [-0.3, -0.25) is 0 Å². The molecule has 21 heavy (non-hydrogen) atoms. The summed E-state index contributed by atoms with van der Waals surface area (Å²) in [5.41, 5.74) is -0.434. The van der Waals surface area contributed by atoms with Crippen molar-refractivity contribution in [1.82, 2.24) is 10.6 Å². The molecule has 2 unspecified atom stereocenters. The molecule has 2 N–H and O–H groups in total. The summed E-state index contributed by atoms with van der Waals surface area (Å²) in [6.07, 6.45) is 3.26. The van der Waals surface area contributed by atoms with E-state index in [0.29, 0.717) is 18.5 Å². The van der Waals surface area contributed by atoms with Gasteiger partial charge in [-0.1, -0.05) is 12.5 Å². The van der Waals surface area contributed by atoms with Crippen LogP contribution in [0.25, 0.3) is 0 Å². The molecule has 1 aliphatic rings. The van der Waals surface area contributed by atoms with Gasteiger partial charge >= 0.3 is 6.09 Å². The maximum Gasteiger partial charge on any atom is 0.407 e. The van der Waals surface area contributed by atoms with Gasteiger partial charge in [0.25, 0.3) is 0 Å².